The molecular weight excluding hydrogens is 404 g/mol. The van der Waals surface area contributed by atoms with E-state index in [1.807, 2.05) is 48.5 Å². The maximum atomic E-state index is 12.4. The zero-order chi connectivity index (χ0) is 22.0. The van der Waals surface area contributed by atoms with Gasteiger partial charge in [-0.3, -0.25) is 4.79 Å². The Morgan fingerprint density at radius 3 is 2.28 bits per heavy atom. The van der Waals surface area contributed by atoms with Gasteiger partial charge in [0, 0.05) is 30.9 Å². The number of benzene rings is 2. The van der Waals surface area contributed by atoms with Gasteiger partial charge in [-0.1, -0.05) is 24.3 Å². The molecule has 0 atom stereocenters. The van der Waals surface area contributed by atoms with E-state index in [4.69, 9.17) is 4.74 Å². The summed E-state index contributed by atoms with van der Waals surface area (Å²) in [5, 5.41) is 9.16. The molecule has 2 aromatic heterocycles. The van der Waals surface area contributed by atoms with Gasteiger partial charge in [-0.05, 0) is 48.5 Å². The van der Waals surface area contributed by atoms with Gasteiger partial charge in [0.1, 0.15) is 35.3 Å². The number of carbonyl (C=O) groups excluding carboxylic acids is 1. The van der Waals surface area contributed by atoms with Gasteiger partial charge in [-0.15, -0.1) is 0 Å². The largest absolute Gasteiger partial charge is 0.457 e. The highest BCUT2D eigenvalue weighted by atomic mass is 16.5. The molecule has 32 heavy (non-hydrogen) atoms. The molecule has 0 radical (unpaired) electrons. The number of carbonyl (C=O) groups is 1. The van der Waals surface area contributed by atoms with E-state index >= 15 is 0 Å². The van der Waals surface area contributed by atoms with Crippen LogP contribution in [0, 0.1) is 0 Å². The van der Waals surface area contributed by atoms with Crippen molar-refractivity contribution in [3.63, 3.8) is 0 Å². The maximum absolute atomic E-state index is 12.4. The summed E-state index contributed by atoms with van der Waals surface area (Å²) >= 11 is 0. The lowest BCUT2D eigenvalue weighted by Gasteiger charge is -2.10. The van der Waals surface area contributed by atoms with Crippen LogP contribution < -0.4 is 20.7 Å². The molecule has 0 aliphatic carbocycles. The van der Waals surface area contributed by atoms with Gasteiger partial charge in [0.2, 0.25) is 0 Å². The molecule has 2 aromatic carbocycles. The number of pyridine rings is 1. The van der Waals surface area contributed by atoms with Crippen molar-refractivity contribution in [2.75, 3.05) is 23.7 Å². The molecule has 0 bridgehead atoms. The molecule has 8 heteroatoms. The fraction of sp³-hybridized carbons (Fsp3) is 0.0833. The lowest BCUT2D eigenvalue weighted by Crippen LogP contribution is -2.28. The molecule has 0 aliphatic heterocycles. The monoisotopic (exact) mass is 426 g/mol. The van der Waals surface area contributed by atoms with Gasteiger partial charge < -0.3 is 20.7 Å². The number of nitrogens with zero attached hydrogens (tertiary/aromatic N) is 3. The highest BCUT2D eigenvalue weighted by Gasteiger charge is 2.06. The average molecular weight is 426 g/mol. The van der Waals surface area contributed by atoms with Crippen LogP contribution in [0.5, 0.6) is 11.5 Å². The van der Waals surface area contributed by atoms with Crippen LogP contribution in [0.4, 0.5) is 17.5 Å². The van der Waals surface area contributed by atoms with Crippen LogP contribution in [0.3, 0.4) is 0 Å². The molecule has 4 aromatic rings. The first kappa shape index (κ1) is 20.8. The lowest BCUT2D eigenvalue weighted by atomic mass is 10.2. The van der Waals surface area contributed by atoms with E-state index in [2.05, 4.69) is 30.9 Å². The van der Waals surface area contributed by atoms with Gasteiger partial charge in [0.15, 0.2) is 0 Å². The Bertz CT molecular complexity index is 1140. The van der Waals surface area contributed by atoms with Gasteiger partial charge >= 0.3 is 0 Å². The van der Waals surface area contributed by atoms with Crippen molar-refractivity contribution in [2.24, 2.45) is 0 Å². The summed E-state index contributed by atoms with van der Waals surface area (Å²) in [4.78, 5) is 24.9. The van der Waals surface area contributed by atoms with Crippen LogP contribution in [0.25, 0.3) is 0 Å². The second kappa shape index (κ2) is 10.5. The van der Waals surface area contributed by atoms with E-state index in [1.165, 1.54) is 6.33 Å². The van der Waals surface area contributed by atoms with Crippen molar-refractivity contribution in [1.82, 2.24) is 20.3 Å². The van der Waals surface area contributed by atoms with E-state index in [9.17, 15) is 4.79 Å². The van der Waals surface area contributed by atoms with Crippen LogP contribution in [-0.2, 0) is 0 Å². The molecule has 0 saturated carbocycles. The minimum absolute atomic E-state index is 0.154. The molecule has 0 saturated heterocycles. The number of hydrogen-bond acceptors (Lipinski definition) is 7. The van der Waals surface area contributed by atoms with Gasteiger partial charge in [0.05, 0.1) is 0 Å². The molecule has 2 heterocycles. The fourth-order valence-electron chi connectivity index (χ4n) is 2.86. The predicted molar refractivity (Wildman–Crippen MR) is 123 cm³/mol. The van der Waals surface area contributed by atoms with Crippen molar-refractivity contribution >= 4 is 23.4 Å². The Morgan fingerprint density at radius 1 is 0.750 bits per heavy atom. The zero-order valence-corrected chi connectivity index (χ0v) is 17.2. The highest BCUT2D eigenvalue weighted by Crippen LogP contribution is 2.21. The number of hydrogen-bond donors (Lipinski definition) is 3. The number of rotatable bonds is 9. The van der Waals surface area contributed by atoms with Crippen molar-refractivity contribution in [2.45, 2.75) is 0 Å². The van der Waals surface area contributed by atoms with E-state index in [0.717, 1.165) is 5.75 Å². The first-order chi connectivity index (χ1) is 15.8. The first-order valence-corrected chi connectivity index (χ1v) is 10.1. The van der Waals surface area contributed by atoms with E-state index in [1.54, 1.807) is 36.5 Å². The van der Waals surface area contributed by atoms with E-state index in [-0.39, 0.29) is 5.91 Å². The Morgan fingerprint density at radius 2 is 1.50 bits per heavy atom. The highest BCUT2D eigenvalue weighted by molar-refractivity contribution is 5.94. The topological polar surface area (TPSA) is 101 Å². The van der Waals surface area contributed by atoms with Gasteiger partial charge in [0.25, 0.3) is 5.91 Å². The summed E-state index contributed by atoms with van der Waals surface area (Å²) in [5.74, 6) is 3.24. The SMILES string of the molecule is O=C(NCCNc1cc(Nc2ccccn2)ncn1)c1ccc(Oc2ccccc2)cc1. The predicted octanol–water partition coefficient (Wildman–Crippen LogP) is 4.25. The molecule has 0 unspecified atom stereocenters. The summed E-state index contributed by atoms with van der Waals surface area (Å²) in [6.45, 7) is 0.953. The fourth-order valence-corrected chi connectivity index (χ4v) is 2.86. The standard InChI is InChI=1S/C24H22N6O2/c31-24(18-9-11-20(12-10-18)32-19-6-2-1-3-7-19)27-15-14-26-22-16-23(29-17-28-22)30-21-8-4-5-13-25-21/h1-13,16-17H,14-15H2,(H,27,31)(H2,25,26,28,29,30). The average Bonchev–Trinajstić information content (AvgIpc) is 2.84. The molecule has 1 amide bonds. The molecule has 0 fully saturated rings. The number of para-hydroxylation sites is 1. The quantitative estimate of drug-likeness (QED) is 0.344. The second-order valence-electron chi connectivity index (χ2n) is 6.75. The van der Waals surface area contributed by atoms with Crippen LogP contribution in [-0.4, -0.2) is 33.9 Å². The van der Waals surface area contributed by atoms with Crippen molar-refractivity contribution in [3.05, 3.63) is 97.0 Å². The number of aromatic nitrogens is 3. The Hall–Kier alpha value is -4.46. The minimum Gasteiger partial charge on any atom is -0.457 e. The molecular formula is C24H22N6O2. The summed E-state index contributed by atoms with van der Waals surface area (Å²) < 4.78 is 5.74. The molecule has 0 spiro atoms. The maximum Gasteiger partial charge on any atom is 0.251 e. The van der Waals surface area contributed by atoms with Gasteiger partial charge in [-0.2, -0.15) is 0 Å². The number of nitrogens with one attached hydrogen (secondary N) is 3. The molecule has 8 nitrogen and oxygen atoms in total. The third kappa shape index (κ3) is 6.02. The van der Waals surface area contributed by atoms with E-state index < -0.39 is 0 Å². The summed E-state index contributed by atoms with van der Waals surface area (Å²) in [6, 6.07) is 23.9. The normalized spacial score (nSPS) is 10.2. The van der Waals surface area contributed by atoms with Crippen LogP contribution >= 0.6 is 0 Å². The number of ether oxygens (including phenoxy) is 1. The zero-order valence-electron chi connectivity index (χ0n) is 17.2. The third-order valence-corrected chi connectivity index (χ3v) is 4.40. The van der Waals surface area contributed by atoms with Crippen molar-refractivity contribution in [1.29, 1.82) is 0 Å². The smallest absolute Gasteiger partial charge is 0.251 e. The summed E-state index contributed by atoms with van der Waals surface area (Å²) in [6.07, 6.45) is 3.17. The van der Waals surface area contributed by atoms with Crippen LogP contribution in [0.15, 0.2) is 91.4 Å². The second-order valence-corrected chi connectivity index (χ2v) is 6.75. The minimum atomic E-state index is -0.154. The Labute approximate surface area is 185 Å². The first-order valence-electron chi connectivity index (χ1n) is 10.1. The molecule has 160 valence electrons. The van der Waals surface area contributed by atoms with Crippen molar-refractivity contribution < 1.29 is 9.53 Å². The van der Waals surface area contributed by atoms with Crippen LogP contribution in [0.1, 0.15) is 10.4 Å². The summed E-state index contributed by atoms with van der Waals surface area (Å²) in [5.41, 5.74) is 0.564. The summed E-state index contributed by atoms with van der Waals surface area (Å²) in [7, 11) is 0. The number of amides is 1. The lowest BCUT2D eigenvalue weighted by molar-refractivity contribution is 0.0955. The Balaban J connectivity index is 1.22. The molecule has 3 N–H and O–H groups in total. The van der Waals surface area contributed by atoms with Crippen molar-refractivity contribution in [3.8, 4) is 11.5 Å². The number of anilines is 3. The third-order valence-electron chi connectivity index (χ3n) is 4.40. The van der Waals surface area contributed by atoms with Crippen LogP contribution in [0.2, 0.25) is 0 Å². The molecule has 0 aliphatic rings. The van der Waals surface area contributed by atoms with Gasteiger partial charge in [-0.25, -0.2) is 15.0 Å². The van der Waals surface area contributed by atoms with E-state index in [0.29, 0.717) is 41.9 Å². The molecule has 4 rings (SSSR count). The Kier molecular flexibility index (Phi) is 6.85.